The fourth-order valence-corrected chi connectivity index (χ4v) is 4.83. The minimum absolute atomic E-state index is 0.127. The second kappa shape index (κ2) is 7.36. The highest BCUT2D eigenvalue weighted by Crippen LogP contribution is 2.36. The Hall–Kier alpha value is -2.13. The average molecular weight is 426 g/mol. The first-order valence-electron chi connectivity index (χ1n) is 8.88. The zero-order valence-electron chi connectivity index (χ0n) is 15.3. The fraction of sp³-hybridized carbons (Fsp3) is 0.444. The first-order chi connectivity index (χ1) is 13.4. The number of carbonyl (C=O) groups excluding carboxylic acids is 1. The van der Waals surface area contributed by atoms with Crippen molar-refractivity contribution in [2.45, 2.75) is 32.6 Å². The lowest BCUT2D eigenvalue weighted by molar-refractivity contribution is 0.0670. The van der Waals surface area contributed by atoms with Crippen LogP contribution in [-0.4, -0.2) is 43.5 Å². The van der Waals surface area contributed by atoms with Gasteiger partial charge in [0.25, 0.3) is 18.1 Å². The van der Waals surface area contributed by atoms with E-state index in [4.69, 9.17) is 11.6 Å². The SMILES string of the molecule is Cc1csc(C(=O)N2CC[C@@H](C)[C@H](c3cc(C(F)F)nc4ncnn34)C2)c1Cl. The topological polar surface area (TPSA) is 63.4 Å². The van der Waals surface area contributed by atoms with Gasteiger partial charge in [-0.15, -0.1) is 11.3 Å². The smallest absolute Gasteiger partial charge is 0.280 e. The predicted octanol–water partition coefficient (Wildman–Crippen LogP) is 4.35. The van der Waals surface area contributed by atoms with Gasteiger partial charge in [0.05, 0.1) is 10.7 Å². The van der Waals surface area contributed by atoms with Crippen molar-refractivity contribution in [2.24, 2.45) is 5.92 Å². The molecule has 4 heterocycles. The molecule has 0 radical (unpaired) electrons. The molecule has 6 nitrogen and oxygen atoms in total. The first-order valence-corrected chi connectivity index (χ1v) is 10.1. The number of alkyl halides is 2. The summed E-state index contributed by atoms with van der Waals surface area (Å²) >= 11 is 7.60. The van der Waals surface area contributed by atoms with Gasteiger partial charge in [-0.2, -0.15) is 10.1 Å². The van der Waals surface area contributed by atoms with Gasteiger partial charge in [0.2, 0.25) is 0 Å². The zero-order valence-corrected chi connectivity index (χ0v) is 16.8. The second-order valence-electron chi connectivity index (χ2n) is 7.06. The number of nitrogens with zero attached hydrogens (tertiary/aromatic N) is 5. The van der Waals surface area contributed by atoms with Crippen molar-refractivity contribution in [1.29, 1.82) is 0 Å². The van der Waals surface area contributed by atoms with Crippen LogP contribution in [0.5, 0.6) is 0 Å². The number of aromatic nitrogens is 4. The number of rotatable bonds is 3. The largest absolute Gasteiger partial charge is 0.337 e. The minimum atomic E-state index is -2.70. The van der Waals surface area contributed by atoms with Crippen molar-refractivity contribution in [3.63, 3.8) is 0 Å². The molecule has 1 saturated heterocycles. The molecule has 1 aliphatic heterocycles. The molecule has 1 amide bonds. The Labute approximate surface area is 169 Å². The summed E-state index contributed by atoms with van der Waals surface area (Å²) in [5, 5.41) is 6.49. The summed E-state index contributed by atoms with van der Waals surface area (Å²) in [6.45, 7) is 4.91. The Bertz CT molecular complexity index is 1040. The molecule has 3 aromatic heterocycles. The van der Waals surface area contributed by atoms with E-state index in [9.17, 15) is 13.6 Å². The number of piperidine rings is 1. The molecule has 0 N–H and O–H groups in total. The van der Waals surface area contributed by atoms with E-state index >= 15 is 0 Å². The van der Waals surface area contributed by atoms with Crippen molar-refractivity contribution in [2.75, 3.05) is 13.1 Å². The molecule has 148 valence electrons. The van der Waals surface area contributed by atoms with Crippen LogP contribution in [0, 0.1) is 12.8 Å². The van der Waals surface area contributed by atoms with Crippen molar-refractivity contribution in [1.82, 2.24) is 24.5 Å². The normalized spacial score (nSPS) is 20.3. The van der Waals surface area contributed by atoms with Gasteiger partial charge in [-0.1, -0.05) is 18.5 Å². The Morgan fingerprint density at radius 2 is 2.21 bits per heavy atom. The van der Waals surface area contributed by atoms with Gasteiger partial charge in [-0.25, -0.2) is 18.3 Å². The van der Waals surface area contributed by atoms with Crippen LogP contribution in [0.2, 0.25) is 5.02 Å². The van der Waals surface area contributed by atoms with Gasteiger partial charge in [0.1, 0.15) is 16.9 Å². The molecule has 0 bridgehead atoms. The summed E-state index contributed by atoms with van der Waals surface area (Å²) in [6.07, 6.45) is -0.656. The van der Waals surface area contributed by atoms with E-state index in [1.54, 1.807) is 4.90 Å². The van der Waals surface area contributed by atoms with Gasteiger partial charge < -0.3 is 4.90 Å². The maximum atomic E-state index is 13.3. The third-order valence-corrected chi connectivity index (χ3v) is 6.93. The molecular formula is C18H18ClF2N5OS. The Kier molecular flexibility index (Phi) is 5.05. The molecule has 4 rings (SSSR count). The molecule has 3 aromatic rings. The van der Waals surface area contributed by atoms with Gasteiger partial charge >= 0.3 is 0 Å². The highest BCUT2D eigenvalue weighted by atomic mass is 35.5. The van der Waals surface area contributed by atoms with Crippen molar-refractivity contribution < 1.29 is 13.6 Å². The van der Waals surface area contributed by atoms with Gasteiger partial charge in [-0.3, -0.25) is 4.79 Å². The Balaban J connectivity index is 1.70. The standard InChI is InChI=1S/C18H18ClF2N5OS/c1-9-3-4-25(17(27)15-14(19)10(2)7-28-15)6-11(9)13-5-12(16(20)21)24-18-22-8-23-26(13)18/h5,7-9,11,16H,3-4,6H2,1-2H3/t9-,11-/m1/s1. The number of hydrogen-bond acceptors (Lipinski definition) is 5. The Morgan fingerprint density at radius 1 is 1.43 bits per heavy atom. The van der Waals surface area contributed by atoms with Crippen LogP contribution in [0.1, 0.15) is 52.3 Å². The fourth-order valence-electron chi connectivity index (χ4n) is 3.59. The lowest BCUT2D eigenvalue weighted by atomic mass is 9.84. The van der Waals surface area contributed by atoms with E-state index in [2.05, 4.69) is 22.0 Å². The van der Waals surface area contributed by atoms with Crippen molar-refractivity contribution >= 4 is 34.6 Å². The number of thiophene rings is 1. The molecule has 1 aliphatic rings. The molecule has 1 fully saturated rings. The number of likely N-dealkylation sites (tertiary alicyclic amines) is 1. The van der Waals surface area contributed by atoms with E-state index in [0.717, 1.165) is 12.0 Å². The number of hydrogen-bond donors (Lipinski definition) is 0. The molecule has 28 heavy (non-hydrogen) atoms. The highest BCUT2D eigenvalue weighted by molar-refractivity contribution is 7.13. The molecule has 0 aromatic carbocycles. The molecule has 0 unspecified atom stereocenters. The second-order valence-corrected chi connectivity index (χ2v) is 8.32. The summed E-state index contributed by atoms with van der Waals surface area (Å²) in [5.74, 6) is 0.0329. The minimum Gasteiger partial charge on any atom is -0.337 e. The number of halogens is 3. The van der Waals surface area contributed by atoms with Crippen LogP contribution < -0.4 is 0 Å². The number of fused-ring (bicyclic) bond motifs is 1. The Morgan fingerprint density at radius 3 is 2.89 bits per heavy atom. The van der Waals surface area contributed by atoms with Crippen LogP contribution in [0.25, 0.3) is 5.78 Å². The summed E-state index contributed by atoms with van der Waals surface area (Å²) in [6, 6.07) is 1.38. The summed E-state index contributed by atoms with van der Waals surface area (Å²) in [7, 11) is 0. The maximum Gasteiger partial charge on any atom is 0.280 e. The van der Waals surface area contributed by atoms with E-state index in [-0.39, 0.29) is 29.2 Å². The predicted molar refractivity (Wildman–Crippen MR) is 102 cm³/mol. The number of amides is 1. The van der Waals surface area contributed by atoms with Gasteiger partial charge in [0, 0.05) is 19.0 Å². The van der Waals surface area contributed by atoms with Crippen LogP contribution in [-0.2, 0) is 0 Å². The summed E-state index contributed by atoms with van der Waals surface area (Å²) in [5.41, 5.74) is 1.14. The van der Waals surface area contributed by atoms with E-state index in [0.29, 0.717) is 28.7 Å². The zero-order chi connectivity index (χ0) is 20.0. The van der Waals surface area contributed by atoms with Gasteiger partial charge in [-0.05, 0) is 36.3 Å². The molecule has 2 atom stereocenters. The molecule has 0 saturated carbocycles. The van der Waals surface area contributed by atoms with Crippen molar-refractivity contribution in [3.8, 4) is 0 Å². The monoisotopic (exact) mass is 425 g/mol. The highest BCUT2D eigenvalue weighted by Gasteiger charge is 2.34. The molecule has 0 spiro atoms. The van der Waals surface area contributed by atoms with Crippen LogP contribution >= 0.6 is 22.9 Å². The van der Waals surface area contributed by atoms with Crippen molar-refractivity contribution in [3.05, 3.63) is 44.6 Å². The summed E-state index contributed by atoms with van der Waals surface area (Å²) < 4.78 is 28.1. The summed E-state index contributed by atoms with van der Waals surface area (Å²) in [4.78, 5) is 23.1. The molecule has 10 heteroatoms. The molecule has 0 aliphatic carbocycles. The lowest BCUT2D eigenvalue weighted by Gasteiger charge is -2.37. The average Bonchev–Trinajstić information content (AvgIpc) is 3.28. The number of carbonyl (C=O) groups is 1. The van der Waals surface area contributed by atoms with Crippen LogP contribution in [0.15, 0.2) is 17.8 Å². The van der Waals surface area contributed by atoms with Crippen LogP contribution in [0.4, 0.5) is 8.78 Å². The number of aryl methyl sites for hydroxylation is 1. The first kappa shape index (κ1) is 19.2. The van der Waals surface area contributed by atoms with Crippen LogP contribution in [0.3, 0.4) is 0 Å². The third-order valence-electron chi connectivity index (χ3n) is 5.24. The van der Waals surface area contributed by atoms with E-state index in [1.807, 2.05) is 12.3 Å². The lowest BCUT2D eigenvalue weighted by Crippen LogP contribution is -2.42. The van der Waals surface area contributed by atoms with Gasteiger partial charge in [0.15, 0.2) is 0 Å². The third kappa shape index (κ3) is 3.26. The van der Waals surface area contributed by atoms with E-state index < -0.39 is 6.43 Å². The quantitative estimate of drug-likeness (QED) is 0.625. The maximum absolute atomic E-state index is 13.3. The molecular weight excluding hydrogens is 408 g/mol. The van der Waals surface area contributed by atoms with E-state index in [1.165, 1.54) is 28.2 Å².